The monoisotopic (exact) mass is 343 g/mol. The van der Waals surface area contributed by atoms with Crippen LogP contribution in [0.1, 0.15) is 29.4 Å². The Morgan fingerprint density at radius 1 is 1.62 bits per heavy atom. The molecule has 0 unspecified atom stereocenters. The number of hydrogen-bond donors (Lipinski definition) is 1. The third-order valence-electron chi connectivity index (χ3n) is 1.72. The Bertz CT molecular complexity index is 459. The van der Waals surface area contributed by atoms with E-state index in [0.717, 1.165) is 6.07 Å². The fraction of sp³-hybridized carbons (Fsp3) is 0.333. The lowest BCUT2D eigenvalue weighted by Gasteiger charge is -2.07. The van der Waals surface area contributed by atoms with E-state index in [1.807, 2.05) is 4.98 Å². The molecule has 0 atom stereocenters. The molecule has 1 N–H and O–H groups in total. The van der Waals surface area contributed by atoms with Gasteiger partial charge in [0.15, 0.2) is 0 Å². The van der Waals surface area contributed by atoms with Crippen LogP contribution in [-0.2, 0) is 4.74 Å². The molecule has 0 amide bonds. The lowest BCUT2D eigenvalue weighted by Crippen LogP contribution is -2.17. The second-order valence-corrected chi connectivity index (χ2v) is 3.87. The molecule has 0 aliphatic rings. The van der Waals surface area contributed by atoms with Crippen LogP contribution in [0.2, 0.25) is 0 Å². The normalized spacial score (nSPS) is 10.6. The molecule has 0 aromatic carbocycles. The quantitative estimate of drug-likeness (QED) is 0.676. The van der Waals surface area contributed by atoms with Crippen LogP contribution in [0.5, 0.6) is 0 Å². The molecule has 0 radical (unpaired) electrons. The lowest BCUT2D eigenvalue weighted by atomic mass is 10.2. The van der Waals surface area contributed by atoms with E-state index in [1.165, 1.54) is 0 Å². The Balaban J connectivity index is 3.29. The number of rotatable bonds is 3. The van der Waals surface area contributed by atoms with Crippen molar-refractivity contribution >= 4 is 28.6 Å². The van der Waals surface area contributed by atoms with Gasteiger partial charge in [-0.2, -0.15) is 0 Å². The molecule has 0 spiro atoms. The topological polar surface area (TPSA) is 59.2 Å². The summed E-state index contributed by atoms with van der Waals surface area (Å²) in [6.45, 7) is 1.71. The van der Waals surface area contributed by atoms with E-state index in [-0.39, 0.29) is 15.7 Å². The van der Waals surface area contributed by atoms with E-state index in [2.05, 4.69) is 4.74 Å². The number of alkyl halides is 2. The van der Waals surface area contributed by atoms with E-state index in [9.17, 15) is 18.4 Å². The molecule has 16 heavy (non-hydrogen) atoms. The summed E-state index contributed by atoms with van der Waals surface area (Å²) < 4.78 is 29.7. The predicted octanol–water partition coefficient (Wildman–Crippen LogP) is 2.09. The van der Waals surface area contributed by atoms with Crippen LogP contribution in [0.25, 0.3) is 0 Å². The van der Waals surface area contributed by atoms with Crippen LogP contribution in [0, 0.1) is 3.57 Å². The molecule has 0 saturated carbocycles. The van der Waals surface area contributed by atoms with Gasteiger partial charge in [0, 0.05) is 6.07 Å². The molecule has 0 aliphatic carbocycles. The summed E-state index contributed by atoms with van der Waals surface area (Å²) in [6.07, 6.45) is -2.84. The van der Waals surface area contributed by atoms with Crippen LogP contribution in [0.4, 0.5) is 8.78 Å². The van der Waals surface area contributed by atoms with Crippen molar-refractivity contribution in [3.8, 4) is 0 Å². The molecule has 1 aromatic heterocycles. The van der Waals surface area contributed by atoms with Gasteiger partial charge in [-0.3, -0.25) is 4.79 Å². The molecule has 1 rings (SSSR count). The molecule has 0 bridgehead atoms. The van der Waals surface area contributed by atoms with Gasteiger partial charge in [-0.05, 0) is 29.5 Å². The SMILES string of the molecule is CCOC(=O)c1cc(=O)[nH]c(C(F)F)c1I. The number of nitrogens with one attached hydrogen (secondary N) is 1. The van der Waals surface area contributed by atoms with Gasteiger partial charge in [0.2, 0.25) is 5.56 Å². The number of aromatic amines is 1. The fourth-order valence-corrected chi connectivity index (χ4v) is 1.82. The highest BCUT2D eigenvalue weighted by Gasteiger charge is 2.20. The number of carbonyl (C=O) groups is 1. The van der Waals surface area contributed by atoms with E-state index in [1.54, 1.807) is 29.5 Å². The number of aromatic nitrogens is 1. The van der Waals surface area contributed by atoms with E-state index in [0.29, 0.717) is 0 Å². The van der Waals surface area contributed by atoms with Crippen molar-refractivity contribution in [2.75, 3.05) is 6.61 Å². The number of halogens is 3. The van der Waals surface area contributed by atoms with Gasteiger partial charge in [0.05, 0.1) is 21.4 Å². The van der Waals surface area contributed by atoms with Crippen molar-refractivity contribution in [2.24, 2.45) is 0 Å². The van der Waals surface area contributed by atoms with Crippen LogP contribution in [0.15, 0.2) is 10.9 Å². The molecule has 88 valence electrons. The fourth-order valence-electron chi connectivity index (χ4n) is 1.07. The van der Waals surface area contributed by atoms with Crippen LogP contribution in [-0.4, -0.2) is 17.6 Å². The summed E-state index contributed by atoms with van der Waals surface area (Å²) in [6, 6.07) is 0.950. The third kappa shape index (κ3) is 2.77. The summed E-state index contributed by atoms with van der Waals surface area (Å²) >= 11 is 1.58. The van der Waals surface area contributed by atoms with Crippen molar-refractivity contribution < 1.29 is 18.3 Å². The molecule has 0 aliphatic heterocycles. The smallest absolute Gasteiger partial charge is 0.339 e. The van der Waals surface area contributed by atoms with E-state index < -0.39 is 23.6 Å². The van der Waals surface area contributed by atoms with E-state index >= 15 is 0 Å². The van der Waals surface area contributed by atoms with Gasteiger partial charge >= 0.3 is 5.97 Å². The van der Waals surface area contributed by atoms with Gasteiger partial charge in [-0.25, -0.2) is 13.6 Å². The summed E-state index contributed by atoms with van der Waals surface area (Å²) in [7, 11) is 0. The molecule has 0 fully saturated rings. The number of ether oxygens (including phenoxy) is 1. The van der Waals surface area contributed by atoms with Gasteiger partial charge in [-0.15, -0.1) is 0 Å². The second kappa shape index (κ2) is 5.37. The largest absolute Gasteiger partial charge is 0.462 e. The first-order valence-electron chi connectivity index (χ1n) is 4.35. The molecule has 7 heteroatoms. The summed E-state index contributed by atoms with van der Waals surface area (Å²) in [5, 5.41) is 0. The molecule has 4 nitrogen and oxygen atoms in total. The highest BCUT2D eigenvalue weighted by atomic mass is 127. The summed E-state index contributed by atoms with van der Waals surface area (Å²) in [5.41, 5.74) is -1.45. The number of pyridine rings is 1. The first kappa shape index (κ1) is 13.1. The molecular formula is C9H8F2INO3. The maximum Gasteiger partial charge on any atom is 0.339 e. The minimum Gasteiger partial charge on any atom is -0.462 e. The van der Waals surface area contributed by atoms with Crippen LogP contribution < -0.4 is 5.56 Å². The maximum atomic E-state index is 12.5. The number of esters is 1. The Hall–Kier alpha value is -0.990. The zero-order valence-electron chi connectivity index (χ0n) is 8.22. The molecule has 1 aromatic rings. The van der Waals surface area contributed by atoms with Crippen molar-refractivity contribution in [3.63, 3.8) is 0 Å². The third-order valence-corrected chi connectivity index (χ3v) is 2.88. The zero-order valence-corrected chi connectivity index (χ0v) is 10.4. The average molecular weight is 343 g/mol. The number of carbonyl (C=O) groups excluding carboxylic acids is 1. The van der Waals surface area contributed by atoms with E-state index in [4.69, 9.17) is 0 Å². The standard InChI is InChI=1S/C9H8F2INO3/c1-2-16-9(15)4-3-5(14)13-7(6(4)12)8(10)11/h3,8H,2H2,1H3,(H,13,14). The van der Waals surface area contributed by atoms with Gasteiger partial charge in [-0.1, -0.05) is 0 Å². The molecular weight excluding hydrogens is 335 g/mol. The second-order valence-electron chi connectivity index (χ2n) is 2.80. The Morgan fingerprint density at radius 2 is 2.25 bits per heavy atom. The van der Waals surface area contributed by atoms with Crippen LogP contribution >= 0.6 is 22.6 Å². The van der Waals surface area contributed by atoms with Crippen molar-refractivity contribution in [2.45, 2.75) is 13.3 Å². The first-order valence-corrected chi connectivity index (χ1v) is 5.43. The predicted molar refractivity (Wildman–Crippen MR) is 60.7 cm³/mol. The summed E-state index contributed by atoms with van der Waals surface area (Å²) in [5.74, 6) is -0.778. The molecule has 1 heterocycles. The van der Waals surface area contributed by atoms with Gasteiger partial charge in [0.25, 0.3) is 6.43 Å². The van der Waals surface area contributed by atoms with Crippen molar-refractivity contribution in [3.05, 3.63) is 31.2 Å². The lowest BCUT2D eigenvalue weighted by molar-refractivity contribution is 0.0524. The van der Waals surface area contributed by atoms with Crippen LogP contribution in [0.3, 0.4) is 0 Å². The minimum atomic E-state index is -2.84. The van der Waals surface area contributed by atoms with Crippen molar-refractivity contribution in [1.82, 2.24) is 4.98 Å². The first-order chi connectivity index (χ1) is 7.47. The number of hydrogen-bond acceptors (Lipinski definition) is 3. The number of H-pyrrole nitrogens is 1. The zero-order chi connectivity index (χ0) is 12.3. The highest BCUT2D eigenvalue weighted by molar-refractivity contribution is 14.1. The summed E-state index contributed by atoms with van der Waals surface area (Å²) in [4.78, 5) is 24.4. The minimum absolute atomic E-state index is 0.00523. The highest BCUT2D eigenvalue weighted by Crippen LogP contribution is 2.23. The van der Waals surface area contributed by atoms with Gasteiger partial charge in [0.1, 0.15) is 0 Å². The van der Waals surface area contributed by atoms with Gasteiger partial charge < -0.3 is 9.72 Å². The van der Waals surface area contributed by atoms with Crippen molar-refractivity contribution in [1.29, 1.82) is 0 Å². The Labute approximate surface area is 103 Å². The Kier molecular flexibility index (Phi) is 4.39. The molecule has 0 saturated heterocycles. The Morgan fingerprint density at radius 3 is 2.75 bits per heavy atom. The maximum absolute atomic E-state index is 12.5. The average Bonchev–Trinajstić information content (AvgIpc) is 2.20.